The van der Waals surface area contributed by atoms with Crippen molar-refractivity contribution >= 4 is 40.8 Å². The van der Waals surface area contributed by atoms with Crippen LogP contribution in [0.5, 0.6) is 11.5 Å². The van der Waals surface area contributed by atoms with Gasteiger partial charge in [-0.25, -0.2) is 4.98 Å². The van der Waals surface area contributed by atoms with Gasteiger partial charge in [-0.2, -0.15) is 0 Å². The third-order valence-corrected chi connectivity index (χ3v) is 8.35. The van der Waals surface area contributed by atoms with Crippen LogP contribution in [0.2, 0.25) is 0 Å². The maximum Gasteiger partial charge on any atom is 0.242 e. The van der Waals surface area contributed by atoms with E-state index in [0.29, 0.717) is 16.5 Å². The molecule has 7 nitrogen and oxygen atoms in total. The van der Waals surface area contributed by atoms with Crippen LogP contribution >= 0.6 is 23.5 Å². The molecule has 1 aliphatic heterocycles. The fourth-order valence-corrected chi connectivity index (χ4v) is 6.12. The Hall–Kier alpha value is -4.34. The average molecular weight is 565 g/mol. The molecule has 0 N–H and O–H groups in total. The summed E-state index contributed by atoms with van der Waals surface area (Å²) in [6, 6.07) is 31.2. The monoisotopic (exact) mass is 564 g/mol. The fraction of sp³-hybridized carbons (Fsp3) is 0.0968. The van der Waals surface area contributed by atoms with Gasteiger partial charge in [0.1, 0.15) is 22.9 Å². The number of anilines is 2. The van der Waals surface area contributed by atoms with E-state index in [1.165, 1.54) is 11.8 Å². The number of methoxy groups -OCH3 is 2. The molecule has 0 spiro atoms. The van der Waals surface area contributed by atoms with E-state index in [0.717, 1.165) is 43.8 Å². The zero-order chi connectivity index (χ0) is 27.5. The van der Waals surface area contributed by atoms with Crippen molar-refractivity contribution in [3.05, 3.63) is 97.1 Å². The van der Waals surface area contributed by atoms with Crippen molar-refractivity contribution in [2.24, 2.45) is 0 Å². The maximum absolute atomic E-state index is 13.7. The van der Waals surface area contributed by atoms with Crippen LogP contribution < -0.4 is 14.4 Å². The van der Waals surface area contributed by atoms with Gasteiger partial charge in [-0.1, -0.05) is 47.8 Å². The number of nitrogens with zero attached hydrogens (tertiary/aromatic N) is 4. The summed E-state index contributed by atoms with van der Waals surface area (Å²) in [5.41, 5.74) is 4.79. The van der Waals surface area contributed by atoms with Gasteiger partial charge in [0.15, 0.2) is 0 Å². The van der Waals surface area contributed by atoms with Gasteiger partial charge in [-0.15, -0.1) is 10.2 Å². The summed E-state index contributed by atoms with van der Waals surface area (Å²) in [6.45, 7) is 0. The highest BCUT2D eigenvalue weighted by Crippen LogP contribution is 2.48. The second kappa shape index (κ2) is 11.4. The van der Waals surface area contributed by atoms with Crippen molar-refractivity contribution in [3.63, 3.8) is 0 Å². The molecule has 9 heteroatoms. The van der Waals surface area contributed by atoms with E-state index >= 15 is 0 Å². The lowest BCUT2D eigenvalue weighted by Gasteiger charge is -2.30. The number of hydrogen-bond donors (Lipinski definition) is 0. The molecule has 40 heavy (non-hydrogen) atoms. The minimum Gasteiger partial charge on any atom is -0.497 e. The average Bonchev–Trinajstić information content (AvgIpc) is 3.02. The molecular weight excluding hydrogens is 541 g/mol. The van der Waals surface area contributed by atoms with Crippen LogP contribution in [-0.4, -0.2) is 41.1 Å². The number of ether oxygens (including phenoxy) is 2. The van der Waals surface area contributed by atoms with Gasteiger partial charge in [-0.05, 0) is 72.8 Å². The first-order valence-corrected chi connectivity index (χ1v) is 14.3. The summed E-state index contributed by atoms with van der Waals surface area (Å²) >= 11 is 2.94. The molecule has 1 aliphatic rings. The first-order valence-electron chi connectivity index (χ1n) is 12.5. The Bertz CT molecular complexity index is 1630. The summed E-state index contributed by atoms with van der Waals surface area (Å²) < 4.78 is 10.6. The minimum absolute atomic E-state index is 0.0565. The number of carbonyl (C=O) groups is 1. The van der Waals surface area contributed by atoms with Gasteiger partial charge in [0.05, 0.1) is 31.3 Å². The summed E-state index contributed by atoms with van der Waals surface area (Å²) in [6.07, 6.45) is 0. The zero-order valence-corrected chi connectivity index (χ0v) is 23.4. The van der Waals surface area contributed by atoms with Gasteiger partial charge >= 0.3 is 0 Å². The van der Waals surface area contributed by atoms with Gasteiger partial charge in [0, 0.05) is 20.9 Å². The smallest absolute Gasteiger partial charge is 0.242 e. The molecule has 6 rings (SSSR count). The molecule has 0 saturated heterocycles. The Morgan fingerprint density at radius 2 is 1.25 bits per heavy atom. The highest BCUT2D eigenvalue weighted by atomic mass is 32.2. The first kappa shape index (κ1) is 25.9. The molecule has 0 saturated carbocycles. The molecule has 0 fully saturated rings. The summed E-state index contributed by atoms with van der Waals surface area (Å²) in [5.74, 6) is 1.59. The number of rotatable bonds is 7. The molecular formula is C31H24N4O3S2. The quantitative estimate of drug-likeness (QED) is 0.193. The number of para-hydroxylation sites is 2. The Balaban J connectivity index is 1.31. The highest BCUT2D eigenvalue weighted by molar-refractivity contribution is 8.00. The molecule has 4 aromatic carbocycles. The normalized spacial score (nSPS) is 11.9. The molecule has 5 aromatic rings. The Morgan fingerprint density at radius 1 is 0.725 bits per heavy atom. The Morgan fingerprint density at radius 3 is 1.80 bits per heavy atom. The standard InChI is InChI=1S/C31H24N4O3S2/c1-37-22-15-11-20(12-16-22)29-30(21-13-17-23(38-2)18-14-21)33-34-31(32-29)39-19-28(36)35-24-7-3-5-9-26(24)40-27-10-6-4-8-25(27)35/h3-18H,19H2,1-2H3. The number of amides is 1. The number of benzene rings is 4. The van der Waals surface area contributed by atoms with Gasteiger partial charge in [0.25, 0.3) is 0 Å². The van der Waals surface area contributed by atoms with Crippen LogP contribution in [0.3, 0.4) is 0 Å². The van der Waals surface area contributed by atoms with E-state index in [1.54, 1.807) is 30.9 Å². The molecule has 2 heterocycles. The molecule has 198 valence electrons. The lowest BCUT2D eigenvalue weighted by Crippen LogP contribution is -2.30. The van der Waals surface area contributed by atoms with Gasteiger partial charge in [0.2, 0.25) is 11.1 Å². The lowest BCUT2D eigenvalue weighted by atomic mass is 10.0. The second-order valence-electron chi connectivity index (χ2n) is 8.80. The number of fused-ring (bicyclic) bond motifs is 2. The SMILES string of the molecule is COc1ccc(-c2nnc(SCC(=O)N3c4ccccc4Sc4ccccc43)nc2-c2ccc(OC)cc2)cc1. The van der Waals surface area contributed by atoms with Crippen LogP contribution in [0.25, 0.3) is 22.5 Å². The van der Waals surface area contributed by atoms with Crippen LogP contribution in [-0.2, 0) is 4.79 Å². The van der Waals surface area contributed by atoms with Crippen LogP contribution in [0.15, 0.2) is 112 Å². The van der Waals surface area contributed by atoms with Crippen molar-refractivity contribution in [2.45, 2.75) is 14.9 Å². The number of thioether (sulfide) groups is 1. The third kappa shape index (κ3) is 5.13. The summed E-state index contributed by atoms with van der Waals surface area (Å²) in [5, 5.41) is 9.37. The minimum atomic E-state index is -0.0565. The van der Waals surface area contributed by atoms with Crippen LogP contribution in [0, 0.1) is 0 Å². The first-order chi connectivity index (χ1) is 19.6. The van der Waals surface area contributed by atoms with Crippen molar-refractivity contribution in [2.75, 3.05) is 24.9 Å². The molecule has 0 aliphatic carbocycles. The van der Waals surface area contributed by atoms with Crippen molar-refractivity contribution in [1.29, 1.82) is 0 Å². The number of aromatic nitrogens is 3. The lowest BCUT2D eigenvalue weighted by molar-refractivity contribution is -0.115. The number of hydrogen-bond acceptors (Lipinski definition) is 8. The second-order valence-corrected chi connectivity index (χ2v) is 10.8. The van der Waals surface area contributed by atoms with Crippen molar-refractivity contribution in [3.8, 4) is 34.0 Å². The van der Waals surface area contributed by atoms with Crippen LogP contribution in [0.4, 0.5) is 11.4 Å². The Kier molecular flexibility index (Phi) is 7.39. The van der Waals surface area contributed by atoms with E-state index in [-0.39, 0.29) is 11.7 Å². The summed E-state index contributed by atoms with van der Waals surface area (Å²) in [7, 11) is 3.26. The van der Waals surface area contributed by atoms with Gasteiger partial charge in [-0.3, -0.25) is 9.69 Å². The summed E-state index contributed by atoms with van der Waals surface area (Å²) in [4.78, 5) is 22.4. The molecule has 0 atom stereocenters. The molecule has 1 amide bonds. The topological polar surface area (TPSA) is 77.4 Å². The van der Waals surface area contributed by atoms with E-state index in [1.807, 2.05) is 97.1 Å². The van der Waals surface area contributed by atoms with E-state index in [9.17, 15) is 4.79 Å². The van der Waals surface area contributed by atoms with Crippen LogP contribution in [0.1, 0.15) is 0 Å². The molecule has 1 aromatic heterocycles. The fourth-order valence-electron chi connectivity index (χ4n) is 4.43. The number of carbonyl (C=O) groups excluding carboxylic acids is 1. The van der Waals surface area contributed by atoms with E-state index < -0.39 is 0 Å². The highest BCUT2D eigenvalue weighted by Gasteiger charge is 2.28. The van der Waals surface area contributed by atoms with E-state index in [2.05, 4.69) is 10.2 Å². The predicted molar refractivity (Wildman–Crippen MR) is 159 cm³/mol. The largest absolute Gasteiger partial charge is 0.497 e. The predicted octanol–water partition coefficient (Wildman–Crippen LogP) is 7.14. The molecule has 0 radical (unpaired) electrons. The molecule has 0 bridgehead atoms. The maximum atomic E-state index is 13.7. The molecule has 0 unspecified atom stereocenters. The van der Waals surface area contributed by atoms with Gasteiger partial charge < -0.3 is 9.47 Å². The zero-order valence-electron chi connectivity index (χ0n) is 21.8. The van der Waals surface area contributed by atoms with Crippen molar-refractivity contribution < 1.29 is 14.3 Å². The van der Waals surface area contributed by atoms with Crippen molar-refractivity contribution in [1.82, 2.24) is 15.2 Å². The Labute approximate surface area is 240 Å². The van der Waals surface area contributed by atoms with E-state index in [4.69, 9.17) is 14.5 Å². The third-order valence-electron chi connectivity index (χ3n) is 6.40.